The predicted octanol–water partition coefficient (Wildman–Crippen LogP) is 3.44. The standard InChI is InChI=1S/C12H28N/c1-7-10-13(6,11(4)8-2)12(5)9-3/h11-12H,7-10H2,1-6H3/q+1. The molecule has 0 aliphatic carbocycles. The molecule has 0 amide bonds. The van der Waals surface area contributed by atoms with E-state index >= 15 is 0 Å². The van der Waals surface area contributed by atoms with Crippen molar-refractivity contribution in [3.8, 4) is 0 Å². The minimum atomic E-state index is 0.801. The van der Waals surface area contributed by atoms with Crippen LogP contribution in [0.4, 0.5) is 0 Å². The lowest BCUT2D eigenvalue weighted by Gasteiger charge is -2.44. The second-order valence-corrected chi connectivity index (χ2v) is 4.58. The molecule has 0 aromatic heterocycles. The molecule has 0 aliphatic heterocycles. The summed E-state index contributed by atoms with van der Waals surface area (Å²) in [4.78, 5) is 0. The Bertz CT molecular complexity index is 121. The van der Waals surface area contributed by atoms with Crippen molar-refractivity contribution in [3.05, 3.63) is 0 Å². The van der Waals surface area contributed by atoms with Gasteiger partial charge in [0.15, 0.2) is 0 Å². The van der Waals surface area contributed by atoms with E-state index in [0.29, 0.717) is 0 Å². The van der Waals surface area contributed by atoms with Gasteiger partial charge in [-0.2, -0.15) is 0 Å². The second-order valence-electron chi connectivity index (χ2n) is 4.58. The Hall–Kier alpha value is -0.0400. The van der Waals surface area contributed by atoms with Crippen molar-refractivity contribution in [2.24, 2.45) is 0 Å². The van der Waals surface area contributed by atoms with Gasteiger partial charge in [0.1, 0.15) is 0 Å². The van der Waals surface area contributed by atoms with Crippen molar-refractivity contribution in [3.63, 3.8) is 0 Å². The predicted molar refractivity (Wildman–Crippen MR) is 60.8 cm³/mol. The summed E-state index contributed by atoms with van der Waals surface area (Å²) in [7, 11) is 2.42. The van der Waals surface area contributed by atoms with E-state index in [1.54, 1.807) is 0 Å². The van der Waals surface area contributed by atoms with Crippen LogP contribution in [0.3, 0.4) is 0 Å². The smallest absolute Gasteiger partial charge is 0.0859 e. The molecule has 1 heteroatoms. The molecule has 13 heavy (non-hydrogen) atoms. The lowest BCUT2D eigenvalue weighted by Crippen LogP contribution is -2.56. The average Bonchev–Trinajstić information content (AvgIpc) is 2.15. The van der Waals surface area contributed by atoms with Gasteiger partial charge in [0.2, 0.25) is 0 Å². The Morgan fingerprint density at radius 1 is 0.923 bits per heavy atom. The summed E-state index contributed by atoms with van der Waals surface area (Å²) in [6.45, 7) is 13.0. The first-order valence-corrected chi connectivity index (χ1v) is 5.87. The van der Waals surface area contributed by atoms with Crippen LogP contribution < -0.4 is 0 Å². The molecule has 0 radical (unpaired) electrons. The molecular formula is C12H28N+. The van der Waals surface area contributed by atoms with Crippen molar-refractivity contribution in [2.75, 3.05) is 13.6 Å². The van der Waals surface area contributed by atoms with Crippen LogP contribution in [0.25, 0.3) is 0 Å². The Labute approximate surface area is 84.7 Å². The monoisotopic (exact) mass is 186 g/mol. The first kappa shape index (κ1) is 13.0. The Balaban J connectivity index is 4.50. The van der Waals surface area contributed by atoms with Gasteiger partial charge < -0.3 is 4.48 Å². The molecule has 0 N–H and O–H groups in total. The highest BCUT2D eigenvalue weighted by Crippen LogP contribution is 2.21. The minimum absolute atomic E-state index is 0.801. The first-order chi connectivity index (χ1) is 6.02. The maximum atomic E-state index is 2.42. The van der Waals surface area contributed by atoms with Gasteiger partial charge in [-0.05, 0) is 33.1 Å². The zero-order valence-electron chi connectivity index (χ0n) is 10.4. The largest absolute Gasteiger partial charge is 0.322 e. The van der Waals surface area contributed by atoms with Gasteiger partial charge in [-0.15, -0.1) is 0 Å². The van der Waals surface area contributed by atoms with Crippen molar-refractivity contribution in [2.45, 2.75) is 66.0 Å². The lowest BCUT2D eigenvalue weighted by molar-refractivity contribution is -0.953. The summed E-state index contributed by atoms with van der Waals surface area (Å²) < 4.78 is 1.25. The molecule has 0 spiro atoms. The van der Waals surface area contributed by atoms with Crippen molar-refractivity contribution in [1.82, 2.24) is 0 Å². The van der Waals surface area contributed by atoms with E-state index in [1.807, 2.05) is 0 Å². The highest BCUT2D eigenvalue weighted by atomic mass is 15.4. The van der Waals surface area contributed by atoms with E-state index in [2.05, 4.69) is 41.7 Å². The van der Waals surface area contributed by atoms with Gasteiger partial charge >= 0.3 is 0 Å². The molecule has 80 valence electrons. The molecule has 0 rings (SSSR count). The SMILES string of the molecule is CCC[N+](C)(C(C)CC)C(C)CC. The summed E-state index contributed by atoms with van der Waals surface area (Å²) in [5.74, 6) is 0. The van der Waals surface area contributed by atoms with Gasteiger partial charge in [0, 0.05) is 0 Å². The fourth-order valence-electron chi connectivity index (χ4n) is 2.19. The van der Waals surface area contributed by atoms with Crippen LogP contribution in [0.15, 0.2) is 0 Å². The highest BCUT2D eigenvalue weighted by Gasteiger charge is 2.31. The third-order valence-electron chi connectivity index (χ3n) is 3.90. The number of rotatable bonds is 6. The first-order valence-electron chi connectivity index (χ1n) is 5.87. The zero-order chi connectivity index (χ0) is 10.5. The Morgan fingerprint density at radius 2 is 1.31 bits per heavy atom. The van der Waals surface area contributed by atoms with E-state index < -0.39 is 0 Å². The van der Waals surface area contributed by atoms with Crippen LogP contribution in [0.1, 0.15) is 53.9 Å². The third-order valence-corrected chi connectivity index (χ3v) is 3.90. The fourth-order valence-corrected chi connectivity index (χ4v) is 2.19. The van der Waals surface area contributed by atoms with Crippen molar-refractivity contribution < 1.29 is 4.48 Å². The summed E-state index contributed by atoms with van der Waals surface area (Å²) >= 11 is 0. The maximum absolute atomic E-state index is 2.42. The van der Waals surface area contributed by atoms with E-state index in [1.165, 1.54) is 30.3 Å². The van der Waals surface area contributed by atoms with Crippen LogP contribution >= 0.6 is 0 Å². The fraction of sp³-hybridized carbons (Fsp3) is 1.00. The topological polar surface area (TPSA) is 0 Å². The summed E-state index contributed by atoms with van der Waals surface area (Å²) in [5, 5.41) is 0. The lowest BCUT2D eigenvalue weighted by atomic mass is 10.1. The number of quaternary nitrogens is 1. The molecule has 0 bridgehead atoms. The quantitative estimate of drug-likeness (QED) is 0.557. The molecule has 0 heterocycles. The molecule has 0 saturated heterocycles. The van der Waals surface area contributed by atoms with Crippen LogP contribution in [0, 0.1) is 0 Å². The van der Waals surface area contributed by atoms with E-state index in [-0.39, 0.29) is 0 Å². The highest BCUT2D eigenvalue weighted by molar-refractivity contribution is 4.56. The van der Waals surface area contributed by atoms with E-state index in [0.717, 1.165) is 12.1 Å². The molecule has 0 aromatic carbocycles. The second kappa shape index (κ2) is 5.64. The van der Waals surface area contributed by atoms with Crippen LogP contribution in [0.2, 0.25) is 0 Å². The van der Waals surface area contributed by atoms with Gasteiger partial charge in [0.05, 0.1) is 25.7 Å². The Morgan fingerprint density at radius 3 is 1.54 bits per heavy atom. The molecule has 2 unspecified atom stereocenters. The number of hydrogen-bond donors (Lipinski definition) is 0. The molecule has 0 fully saturated rings. The minimum Gasteiger partial charge on any atom is -0.322 e. The van der Waals surface area contributed by atoms with Gasteiger partial charge in [0.25, 0.3) is 0 Å². The molecule has 2 atom stereocenters. The molecule has 0 aliphatic rings. The van der Waals surface area contributed by atoms with Gasteiger partial charge in [-0.3, -0.25) is 0 Å². The summed E-state index contributed by atoms with van der Waals surface area (Å²) in [6.07, 6.45) is 3.88. The molecule has 0 saturated carbocycles. The van der Waals surface area contributed by atoms with E-state index in [9.17, 15) is 0 Å². The van der Waals surface area contributed by atoms with Crippen LogP contribution in [0.5, 0.6) is 0 Å². The average molecular weight is 186 g/mol. The molecular weight excluding hydrogens is 158 g/mol. The van der Waals surface area contributed by atoms with Gasteiger partial charge in [-0.25, -0.2) is 0 Å². The zero-order valence-corrected chi connectivity index (χ0v) is 10.4. The Kier molecular flexibility index (Phi) is 5.62. The normalized spacial score (nSPS) is 20.8. The summed E-state index contributed by atoms with van der Waals surface area (Å²) in [5.41, 5.74) is 0. The van der Waals surface area contributed by atoms with Crippen molar-refractivity contribution >= 4 is 0 Å². The van der Waals surface area contributed by atoms with E-state index in [4.69, 9.17) is 0 Å². The van der Waals surface area contributed by atoms with Crippen molar-refractivity contribution in [1.29, 1.82) is 0 Å². The number of nitrogens with zero attached hydrogens (tertiary/aromatic N) is 1. The van der Waals surface area contributed by atoms with Crippen LogP contribution in [-0.2, 0) is 0 Å². The number of hydrogen-bond acceptors (Lipinski definition) is 0. The summed E-state index contributed by atoms with van der Waals surface area (Å²) in [6, 6.07) is 1.60. The van der Waals surface area contributed by atoms with Gasteiger partial charge in [-0.1, -0.05) is 20.8 Å². The van der Waals surface area contributed by atoms with Crippen LogP contribution in [-0.4, -0.2) is 30.2 Å². The third kappa shape index (κ3) is 2.98. The maximum Gasteiger partial charge on any atom is 0.0859 e. The molecule has 0 aromatic rings. The molecule has 1 nitrogen and oxygen atoms in total.